The molecular weight excluding hydrogens is 292 g/mol. The van der Waals surface area contributed by atoms with Crippen LogP contribution in [-0.2, 0) is 4.79 Å². The Balaban J connectivity index is 1.74. The number of rotatable bonds is 3. The molecule has 0 saturated carbocycles. The molecule has 1 saturated heterocycles. The molecule has 1 fully saturated rings. The number of thiazole rings is 1. The second-order valence-electron chi connectivity index (χ2n) is 4.94. The van der Waals surface area contributed by atoms with Gasteiger partial charge in [0.1, 0.15) is 5.69 Å². The highest BCUT2D eigenvalue weighted by Gasteiger charge is 2.29. The number of aliphatic carboxylic acids is 1. The molecule has 0 aromatic carbocycles. The predicted molar refractivity (Wildman–Crippen MR) is 76.1 cm³/mol. The standard InChI is InChI=1S/C14H14N2O4S/c17-13(16-5-1-3-9(7-16)14(18)19)10-8-21-12(15-10)11-4-2-6-20-11/h2,4,6,8-9H,1,3,5,7H2,(H,18,19)/t9-/m1/s1. The third-order valence-corrected chi connectivity index (χ3v) is 4.37. The van der Waals surface area contributed by atoms with E-state index in [0.717, 1.165) is 0 Å². The summed E-state index contributed by atoms with van der Waals surface area (Å²) in [5.41, 5.74) is 0.345. The Morgan fingerprint density at radius 3 is 3.05 bits per heavy atom. The van der Waals surface area contributed by atoms with Gasteiger partial charge in [0.25, 0.3) is 5.91 Å². The first-order valence-corrected chi connectivity index (χ1v) is 7.54. The van der Waals surface area contributed by atoms with Gasteiger partial charge in [-0.1, -0.05) is 0 Å². The van der Waals surface area contributed by atoms with E-state index < -0.39 is 11.9 Å². The number of aromatic nitrogens is 1. The van der Waals surface area contributed by atoms with Gasteiger partial charge in [0, 0.05) is 18.5 Å². The monoisotopic (exact) mass is 306 g/mol. The van der Waals surface area contributed by atoms with E-state index in [0.29, 0.717) is 35.8 Å². The third kappa shape index (κ3) is 2.82. The number of piperidine rings is 1. The Morgan fingerprint density at radius 2 is 2.33 bits per heavy atom. The molecule has 0 radical (unpaired) electrons. The molecule has 2 aromatic rings. The second-order valence-corrected chi connectivity index (χ2v) is 5.80. The van der Waals surface area contributed by atoms with E-state index in [9.17, 15) is 9.59 Å². The summed E-state index contributed by atoms with van der Waals surface area (Å²) < 4.78 is 5.25. The van der Waals surface area contributed by atoms with E-state index >= 15 is 0 Å². The Labute approximate surface area is 125 Å². The number of likely N-dealkylation sites (tertiary alicyclic amines) is 1. The van der Waals surface area contributed by atoms with Crippen LogP contribution in [0.3, 0.4) is 0 Å². The minimum atomic E-state index is -0.845. The summed E-state index contributed by atoms with van der Waals surface area (Å²) in [5.74, 6) is -0.913. The number of hydrogen-bond acceptors (Lipinski definition) is 5. The maximum Gasteiger partial charge on any atom is 0.308 e. The first-order chi connectivity index (χ1) is 10.1. The van der Waals surface area contributed by atoms with Gasteiger partial charge in [-0.05, 0) is 25.0 Å². The molecule has 0 spiro atoms. The normalized spacial score (nSPS) is 18.7. The van der Waals surface area contributed by atoms with Gasteiger partial charge in [-0.25, -0.2) is 4.98 Å². The average Bonchev–Trinajstić information content (AvgIpc) is 3.17. The van der Waals surface area contributed by atoms with E-state index in [1.807, 2.05) is 0 Å². The molecule has 7 heteroatoms. The van der Waals surface area contributed by atoms with Gasteiger partial charge in [0.2, 0.25) is 0 Å². The lowest BCUT2D eigenvalue weighted by atomic mass is 9.98. The van der Waals surface area contributed by atoms with Crippen molar-refractivity contribution in [3.63, 3.8) is 0 Å². The number of hydrogen-bond donors (Lipinski definition) is 1. The molecule has 1 amide bonds. The number of carboxylic acid groups (broad SMARTS) is 1. The van der Waals surface area contributed by atoms with E-state index in [2.05, 4.69) is 4.98 Å². The van der Waals surface area contributed by atoms with Crippen molar-refractivity contribution < 1.29 is 19.1 Å². The summed E-state index contributed by atoms with van der Waals surface area (Å²) in [6.07, 6.45) is 2.88. The van der Waals surface area contributed by atoms with Crippen LogP contribution in [0, 0.1) is 5.92 Å². The zero-order chi connectivity index (χ0) is 14.8. The van der Waals surface area contributed by atoms with E-state index in [1.54, 1.807) is 28.7 Å². The number of nitrogens with zero attached hydrogens (tertiary/aromatic N) is 2. The van der Waals surface area contributed by atoms with Crippen LogP contribution in [0.4, 0.5) is 0 Å². The summed E-state index contributed by atoms with van der Waals surface area (Å²) in [4.78, 5) is 29.3. The number of carbonyl (C=O) groups is 2. The summed E-state index contributed by atoms with van der Waals surface area (Å²) in [6.45, 7) is 0.831. The molecule has 1 atom stereocenters. The molecule has 3 rings (SSSR count). The van der Waals surface area contributed by atoms with Crippen LogP contribution in [0.5, 0.6) is 0 Å². The Bertz CT molecular complexity index is 650. The smallest absolute Gasteiger partial charge is 0.308 e. The highest BCUT2D eigenvalue weighted by molar-refractivity contribution is 7.13. The van der Waals surface area contributed by atoms with Crippen LogP contribution in [0.25, 0.3) is 10.8 Å². The van der Waals surface area contributed by atoms with Crippen molar-refractivity contribution in [3.8, 4) is 10.8 Å². The van der Waals surface area contributed by atoms with Crippen molar-refractivity contribution in [1.82, 2.24) is 9.88 Å². The topological polar surface area (TPSA) is 83.6 Å². The molecule has 3 heterocycles. The zero-order valence-corrected chi connectivity index (χ0v) is 12.0. The van der Waals surface area contributed by atoms with E-state index in [1.165, 1.54) is 11.3 Å². The van der Waals surface area contributed by atoms with Crippen LogP contribution in [0.15, 0.2) is 28.2 Å². The minimum absolute atomic E-state index is 0.213. The summed E-state index contributed by atoms with van der Waals surface area (Å²) in [7, 11) is 0. The lowest BCUT2D eigenvalue weighted by Crippen LogP contribution is -2.42. The molecule has 1 aliphatic heterocycles. The molecule has 2 aromatic heterocycles. The summed E-state index contributed by atoms with van der Waals surface area (Å²) in [6, 6.07) is 3.55. The van der Waals surface area contributed by atoms with Gasteiger partial charge < -0.3 is 14.4 Å². The van der Waals surface area contributed by atoms with Crippen molar-refractivity contribution in [3.05, 3.63) is 29.5 Å². The Kier molecular flexibility index (Phi) is 3.74. The molecule has 21 heavy (non-hydrogen) atoms. The van der Waals surface area contributed by atoms with E-state index in [-0.39, 0.29) is 12.5 Å². The quantitative estimate of drug-likeness (QED) is 0.941. The maximum atomic E-state index is 12.4. The molecule has 0 unspecified atom stereocenters. The molecule has 0 aliphatic carbocycles. The molecule has 1 aliphatic rings. The third-order valence-electron chi connectivity index (χ3n) is 3.51. The first-order valence-electron chi connectivity index (χ1n) is 6.66. The first kappa shape index (κ1) is 13.8. The molecule has 6 nitrogen and oxygen atoms in total. The second kappa shape index (κ2) is 5.69. The maximum absolute atomic E-state index is 12.4. The highest BCUT2D eigenvalue weighted by Crippen LogP contribution is 2.25. The SMILES string of the molecule is O=C(O)[C@@H]1CCCN(C(=O)c2csc(-c3ccco3)n2)C1. The fourth-order valence-electron chi connectivity index (χ4n) is 2.41. The Morgan fingerprint density at radius 1 is 1.48 bits per heavy atom. The zero-order valence-electron chi connectivity index (χ0n) is 11.2. The number of carboxylic acids is 1. The van der Waals surface area contributed by atoms with Gasteiger partial charge in [-0.2, -0.15) is 0 Å². The average molecular weight is 306 g/mol. The summed E-state index contributed by atoms with van der Waals surface area (Å²) >= 11 is 1.34. The fraction of sp³-hybridized carbons (Fsp3) is 0.357. The predicted octanol–water partition coefficient (Wildman–Crippen LogP) is 2.34. The van der Waals surface area contributed by atoms with Gasteiger partial charge >= 0.3 is 5.97 Å². The van der Waals surface area contributed by atoms with E-state index in [4.69, 9.17) is 9.52 Å². The molecule has 0 bridgehead atoms. The lowest BCUT2D eigenvalue weighted by Gasteiger charge is -2.30. The van der Waals surface area contributed by atoms with Gasteiger partial charge in [-0.15, -0.1) is 11.3 Å². The molecule has 110 valence electrons. The van der Waals surface area contributed by atoms with Gasteiger partial charge in [0.15, 0.2) is 10.8 Å². The van der Waals surface area contributed by atoms with Crippen molar-refractivity contribution in [2.24, 2.45) is 5.92 Å². The molecular formula is C14H14N2O4S. The molecule has 1 N–H and O–H groups in total. The van der Waals surface area contributed by atoms with Crippen LogP contribution in [0.1, 0.15) is 23.3 Å². The van der Waals surface area contributed by atoms with Crippen molar-refractivity contribution in [1.29, 1.82) is 0 Å². The van der Waals surface area contributed by atoms with Crippen LogP contribution < -0.4 is 0 Å². The summed E-state index contributed by atoms with van der Waals surface area (Å²) in [5, 5.41) is 11.4. The van der Waals surface area contributed by atoms with Crippen molar-refractivity contribution in [2.45, 2.75) is 12.8 Å². The van der Waals surface area contributed by atoms with Gasteiger partial charge in [0.05, 0.1) is 12.2 Å². The van der Waals surface area contributed by atoms with Crippen LogP contribution in [-0.4, -0.2) is 40.0 Å². The lowest BCUT2D eigenvalue weighted by molar-refractivity contribution is -0.143. The number of amides is 1. The van der Waals surface area contributed by atoms with Crippen LogP contribution in [0.2, 0.25) is 0 Å². The van der Waals surface area contributed by atoms with Crippen LogP contribution >= 0.6 is 11.3 Å². The fourth-order valence-corrected chi connectivity index (χ4v) is 3.17. The highest BCUT2D eigenvalue weighted by atomic mass is 32.1. The van der Waals surface area contributed by atoms with Gasteiger partial charge in [-0.3, -0.25) is 9.59 Å². The number of carbonyl (C=O) groups excluding carboxylic acids is 1. The van der Waals surface area contributed by atoms with Crippen molar-refractivity contribution in [2.75, 3.05) is 13.1 Å². The van der Waals surface area contributed by atoms with Crippen molar-refractivity contribution >= 4 is 23.2 Å². The Hall–Kier alpha value is -2.15. The largest absolute Gasteiger partial charge is 0.481 e. The number of furan rings is 1. The minimum Gasteiger partial charge on any atom is -0.481 e.